The molecule has 0 saturated carbocycles. The molecule has 2 aromatic carbocycles. The van der Waals surface area contributed by atoms with Crippen LogP contribution in [0.2, 0.25) is 5.02 Å². The Labute approximate surface area is 225 Å². The van der Waals surface area contributed by atoms with Gasteiger partial charge in [-0.1, -0.05) is 30.7 Å². The summed E-state index contributed by atoms with van der Waals surface area (Å²) in [4.78, 5) is 6.82. The molecule has 0 aliphatic carbocycles. The number of rotatable bonds is 13. The van der Waals surface area contributed by atoms with Crippen LogP contribution in [0.1, 0.15) is 37.6 Å². The van der Waals surface area contributed by atoms with E-state index in [0.29, 0.717) is 18.2 Å². The SMILES string of the molecule is CCc1nccn1CCCOc1ccc(CN2CCC(COc3cccc(Cl)c3)(OC)CC2)cc1OC. The van der Waals surface area contributed by atoms with E-state index in [1.165, 1.54) is 5.56 Å². The Balaban J connectivity index is 1.25. The van der Waals surface area contributed by atoms with Gasteiger partial charge in [-0.15, -0.1) is 0 Å². The molecule has 37 heavy (non-hydrogen) atoms. The van der Waals surface area contributed by atoms with E-state index in [1.807, 2.05) is 42.7 Å². The van der Waals surface area contributed by atoms with Gasteiger partial charge in [-0.3, -0.25) is 4.90 Å². The van der Waals surface area contributed by atoms with E-state index in [0.717, 1.165) is 74.9 Å². The minimum Gasteiger partial charge on any atom is -0.493 e. The van der Waals surface area contributed by atoms with Crippen molar-refractivity contribution in [2.45, 2.75) is 51.3 Å². The van der Waals surface area contributed by atoms with Gasteiger partial charge in [0.05, 0.1) is 13.7 Å². The summed E-state index contributed by atoms with van der Waals surface area (Å²) in [5.74, 6) is 3.43. The molecular formula is C29H38ClN3O4. The molecule has 2 heterocycles. The summed E-state index contributed by atoms with van der Waals surface area (Å²) in [6, 6.07) is 13.7. The second-order valence-corrected chi connectivity index (χ2v) is 9.92. The first-order valence-corrected chi connectivity index (χ1v) is 13.4. The lowest BCUT2D eigenvalue weighted by Gasteiger charge is -2.40. The summed E-state index contributed by atoms with van der Waals surface area (Å²) in [6.45, 7) is 6.87. The molecule has 0 radical (unpaired) electrons. The Morgan fingerprint density at radius 2 is 1.86 bits per heavy atom. The topological polar surface area (TPSA) is 58.0 Å². The molecule has 7 nitrogen and oxygen atoms in total. The predicted octanol–water partition coefficient (Wildman–Crippen LogP) is 5.64. The minimum atomic E-state index is -0.289. The zero-order valence-electron chi connectivity index (χ0n) is 22.1. The van der Waals surface area contributed by atoms with Gasteiger partial charge in [-0.2, -0.15) is 0 Å². The number of aromatic nitrogens is 2. The number of piperidine rings is 1. The molecule has 1 aromatic heterocycles. The van der Waals surface area contributed by atoms with Crippen molar-refractivity contribution in [2.75, 3.05) is 40.5 Å². The summed E-state index contributed by atoms with van der Waals surface area (Å²) < 4.78 is 25.8. The maximum atomic E-state index is 6.09. The Morgan fingerprint density at radius 1 is 1.03 bits per heavy atom. The fourth-order valence-electron chi connectivity index (χ4n) is 4.76. The third-order valence-electron chi connectivity index (χ3n) is 7.05. The van der Waals surface area contributed by atoms with Crippen LogP contribution in [0.3, 0.4) is 0 Å². The van der Waals surface area contributed by atoms with Crippen molar-refractivity contribution in [3.63, 3.8) is 0 Å². The minimum absolute atomic E-state index is 0.289. The molecule has 1 aliphatic rings. The summed E-state index contributed by atoms with van der Waals surface area (Å²) in [5.41, 5.74) is 0.915. The number of imidazole rings is 1. The summed E-state index contributed by atoms with van der Waals surface area (Å²) in [5, 5.41) is 0.672. The largest absolute Gasteiger partial charge is 0.493 e. The van der Waals surface area contributed by atoms with Crippen LogP contribution in [0.15, 0.2) is 54.9 Å². The summed E-state index contributed by atoms with van der Waals surface area (Å²) in [7, 11) is 3.47. The Hall–Kier alpha value is -2.74. The van der Waals surface area contributed by atoms with Gasteiger partial charge in [0.15, 0.2) is 11.5 Å². The quantitative estimate of drug-likeness (QED) is 0.268. The fraction of sp³-hybridized carbons (Fsp3) is 0.483. The van der Waals surface area contributed by atoms with Crippen LogP contribution < -0.4 is 14.2 Å². The lowest BCUT2D eigenvalue weighted by atomic mass is 9.91. The van der Waals surface area contributed by atoms with E-state index in [9.17, 15) is 0 Å². The number of nitrogens with zero attached hydrogens (tertiary/aromatic N) is 3. The Bertz CT molecular complexity index is 1130. The van der Waals surface area contributed by atoms with Crippen LogP contribution >= 0.6 is 11.6 Å². The van der Waals surface area contributed by atoms with Gasteiger partial charge in [0.1, 0.15) is 23.8 Å². The third kappa shape index (κ3) is 7.40. The number of halogens is 1. The Morgan fingerprint density at radius 3 is 2.59 bits per heavy atom. The number of aryl methyl sites for hydroxylation is 2. The maximum Gasteiger partial charge on any atom is 0.161 e. The molecule has 0 unspecified atom stereocenters. The average molecular weight is 528 g/mol. The number of hydrogen-bond donors (Lipinski definition) is 0. The molecule has 8 heteroatoms. The number of hydrogen-bond acceptors (Lipinski definition) is 6. The molecule has 0 amide bonds. The van der Waals surface area contributed by atoms with Crippen LogP contribution in [0.25, 0.3) is 0 Å². The van der Waals surface area contributed by atoms with Gasteiger partial charge in [0.2, 0.25) is 0 Å². The Kier molecular flexibility index (Phi) is 9.72. The number of benzene rings is 2. The molecule has 1 aliphatic heterocycles. The first-order valence-electron chi connectivity index (χ1n) is 13.0. The second kappa shape index (κ2) is 13.2. The van der Waals surface area contributed by atoms with E-state index < -0.39 is 0 Å². The molecule has 1 saturated heterocycles. The summed E-state index contributed by atoms with van der Waals surface area (Å²) in [6.07, 6.45) is 7.53. The van der Waals surface area contributed by atoms with Crippen LogP contribution in [0.4, 0.5) is 0 Å². The zero-order chi connectivity index (χ0) is 26.1. The van der Waals surface area contributed by atoms with E-state index in [4.69, 9.17) is 30.5 Å². The summed E-state index contributed by atoms with van der Waals surface area (Å²) >= 11 is 6.09. The molecule has 4 rings (SSSR count). The van der Waals surface area contributed by atoms with Gasteiger partial charge in [-0.05, 0) is 55.2 Å². The van der Waals surface area contributed by atoms with Crippen molar-refractivity contribution in [1.82, 2.24) is 14.5 Å². The van der Waals surface area contributed by atoms with Crippen molar-refractivity contribution < 1.29 is 18.9 Å². The highest BCUT2D eigenvalue weighted by Gasteiger charge is 2.35. The number of methoxy groups -OCH3 is 2. The second-order valence-electron chi connectivity index (χ2n) is 9.49. The van der Waals surface area contributed by atoms with Crippen molar-refractivity contribution in [2.24, 2.45) is 0 Å². The molecule has 0 spiro atoms. The lowest BCUT2D eigenvalue weighted by Crippen LogP contribution is -2.48. The average Bonchev–Trinajstić information content (AvgIpc) is 3.39. The van der Waals surface area contributed by atoms with Crippen molar-refractivity contribution in [3.05, 3.63) is 71.3 Å². The fourth-order valence-corrected chi connectivity index (χ4v) is 4.94. The van der Waals surface area contributed by atoms with E-state index >= 15 is 0 Å². The number of likely N-dealkylation sites (tertiary alicyclic amines) is 1. The standard InChI is InChI=1S/C29H38ClN3O4/c1-4-28-31-13-17-33(28)14-6-18-36-26-10-9-23(19-27(26)34-2)21-32-15-11-29(35-3,12-16-32)22-37-25-8-5-7-24(30)20-25/h5,7-10,13,17,19-20H,4,6,11-12,14-16,18,21-22H2,1-3H3. The monoisotopic (exact) mass is 527 g/mol. The molecule has 0 bridgehead atoms. The van der Waals surface area contributed by atoms with Crippen LogP contribution in [0, 0.1) is 0 Å². The van der Waals surface area contributed by atoms with Crippen LogP contribution in [-0.2, 0) is 24.2 Å². The lowest BCUT2D eigenvalue weighted by molar-refractivity contribution is -0.0839. The molecule has 1 fully saturated rings. The maximum absolute atomic E-state index is 6.09. The van der Waals surface area contributed by atoms with E-state index in [-0.39, 0.29) is 5.60 Å². The first kappa shape index (κ1) is 27.3. The van der Waals surface area contributed by atoms with Crippen molar-refractivity contribution in [3.8, 4) is 17.2 Å². The van der Waals surface area contributed by atoms with E-state index in [1.54, 1.807) is 14.2 Å². The predicted molar refractivity (Wildman–Crippen MR) is 146 cm³/mol. The third-order valence-corrected chi connectivity index (χ3v) is 7.29. The van der Waals surface area contributed by atoms with Gasteiger partial charge in [0, 0.05) is 57.1 Å². The zero-order valence-corrected chi connectivity index (χ0v) is 22.9. The first-order chi connectivity index (χ1) is 18.0. The van der Waals surface area contributed by atoms with Gasteiger partial charge in [0.25, 0.3) is 0 Å². The molecule has 0 N–H and O–H groups in total. The highest BCUT2D eigenvalue weighted by molar-refractivity contribution is 6.30. The van der Waals surface area contributed by atoms with Crippen molar-refractivity contribution in [1.29, 1.82) is 0 Å². The van der Waals surface area contributed by atoms with Crippen LogP contribution in [-0.4, -0.2) is 60.6 Å². The smallest absolute Gasteiger partial charge is 0.161 e. The number of ether oxygens (including phenoxy) is 4. The highest BCUT2D eigenvalue weighted by Crippen LogP contribution is 2.31. The van der Waals surface area contributed by atoms with Crippen LogP contribution in [0.5, 0.6) is 17.2 Å². The molecule has 200 valence electrons. The molecular weight excluding hydrogens is 490 g/mol. The van der Waals surface area contributed by atoms with Crippen molar-refractivity contribution >= 4 is 11.6 Å². The van der Waals surface area contributed by atoms with E-state index in [2.05, 4.69) is 33.5 Å². The molecule has 3 aromatic rings. The van der Waals surface area contributed by atoms with Gasteiger partial charge >= 0.3 is 0 Å². The van der Waals surface area contributed by atoms with Gasteiger partial charge in [-0.25, -0.2) is 4.98 Å². The molecule has 0 atom stereocenters. The normalized spacial score (nSPS) is 15.5. The van der Waals surface area contributed by atoms with Gasteiger partial charge < -0.3 is 23.5 Å². The highest BCUT2D eigenvalue weighted by atomic mass is 35.5.